The van der Waals surface area contributed by atoms with E-state index in [1.165, 1.54) is 0 Å². The Kier molecular flexibility index (Phi) is 6.48. The molecule has 3 heterocycles. The highest BCUT2D eigenvalue weighted by Crippen LogP contribution is 2.40. The lowest BCUT2D eigenvalue weighted by Gasteiger charge is -2.40. The third-order valence-electron chi connectivity index (χ3n) is 7.87. The molecule has 10 heteroatoms. The number of aromatic nitrogens is 2. The summed E-state index contributed by atoms with van der Waals surface area (Å²) < 4.78 is 33.7. The molecule has 0 unspecified atom stereocenters. The van der Waals surface area contributed by atoms with Gasteiger partial charge in [-0.05, 0) is 52.4 Å². The van der Waals surface area contributed by atoms with Crippen LogP contribution in [0.5, 0.6) is 5.75 Å². The third-order valence-corrected chi connectivity index (χ3v) is 10.3. The van der Waals surface area contributed by atoms with Crippen LogP contribution in [0.3, 0.4) is 0 Å². The summed E-state index contributed by atoms with van der Waals surface area (Å²) in [7, 11) is -3.21. The summed E-state index contributed by atoms with van der Waals surface area (Å²) >= 11 is 0. The summed E-state index contributed by atoms with van der Waals surface area (Å²) in [4.78, 5) is 24.2. The van der Waals surface area contributed by atoms with E-state index in [1.807, 2.05) is 4.90 Å². The fraction of sp³-hybridized carbons (Fsp3) is 0.792. The number of ether oxygens (including phenoxy) is 1. The Hall–Kier alpha value is -1.94. The largest absolute Gasteiger partial charge is 0.472 e. The van der Waals surface area contributed by atoms with Crippen molar-refractivity contribution in [3.05, 3.63) is 6.20 Å². The molecule has 2 saturated carbocycles. The lowest BCUT2D eigenvalue weighted by Crippen LogP contribution is -2.56. The first-order chi connectivity index (χ1) is 16.3. The molecule has 34 heavy (non-hydrogen) atoms. The van der Waals surface area contributed by atoms with Crippen LogP contribution in [0.2, 0.25) is 0 Å². The van der Waals surface area contributed by atoms with Gasteiger partial charge in [0.25, 0.3) is 5.91 Å². The number of hydrogen-bond acceptors (Lipinski definition) is 7. The second-order valence-corrected chi connectivity index (χ2v) is 12.9. The fourth-order valence-corrected chi connectivity index (χ4v) is 7.96. The standard InChI is InChI=1S/C24H37N5O4S/c1-24(2)22(30)29(18-8-6-7-9-18)21-20(33-24)16-25-23(27-21)26-17-12-14-28(15-13-17)34(31,32)19-10-4-3-5-11-19/h16-19H,3-15H2,1-2H3,(H,25,26,27). The number of piperidine rings is 1. The minimum absolute atomic E-state index is 0.0576. The first-order valence-corrected chi connectivity index (χ1v) is 14.4. The van der Waals surface area contributed by atoms with Crippen molar-refractivity contribution >= 4 is 27.7 Å². The molecule has 1 amide bonds. The minimum atomic E-state index is -3.21. The van der Waals surface area contributed by atoms with Gasteiger partial charge in [0.05, 0.1) is 11.4 Å². The van der Waals surface area contributed by atoms with E-state index in [4.69, 9.17) is 9.72 Å². The SMILES string of the molecule is CC1(C)Oc2cnc(NC3CCN(S(=O)(=O)C4CCCCC4)CC3)nc2N(C2CCCC2)C1=O. The number of anilines is 2. The smallest absolute Gasteiger partial charge is 0.272 e. The van der Waals surface area contributed by atoms with Gasteiger partial charge in [0, 0.05) is 25.2 Å². The highest BCUT2D eigenvalue weighted by molar-refractivity contribution is 7.89. The zero-order valence-corrected chi connectivity index (χ0v) is 21.1. The predicted octanol–water partition coefficient (Wildman–Crippen LogP) is 3.46. The maximum atomic E-state index is 13.2. The van der Waals surface area contributed by atoms with E-state index in [0.29, 0.717) is 43.4 Å². The molecule has 3 fully saturated rings. The van der Waals surface area contributed by atoms with Crippen molar-refractivity contribution in [2.45, 2.75) is 107 Å². The zero-order chi connectivity index (χ0) is 23.9. The summed E-state index contributed by atoms with van der Waals surface area (Å²) in [6, 6.07) is 0.234. The molecule has 9 nitrogen and oxygen atoms in total. The van der Waals surface area contributed by atoms with Gasteiger partial charge < -0.3 is 10.1 Å². The molecule has 1 aromatic rings. The second kappa shape index (κ2) is 9.26. The molecular formula is C24H37N5O4S. The van der Waals surface area contributed by atoms with Crippen molar-refractivity contribution in [3.8, 4) is 5.75 Å². The number of sulfonamides is 1. The normalized spacial score (nSPS) is 25.2. The average molecular weight is 492 g/mol. The molecule has 2 aliphatic carbocycles. The molecule has 1 saturated heterocycles. The zero-order valence-electron chi connectivity index (χ0n) is 20.3. The highest BCUT2D eigenvalue weighted by Gasteiger charge is 2.45. The van der Waals surface area contributed by atoms with Crippen molar-refractivity contribution in [2.75, 3.05) is 23.3 Å². The summed E-state index contributed by atoms with van der Waals surface area (Å²) in [5.41, 5.74) is -0.940. The Morgan fingerprint density at radius 1 is 1.00 bits per heavy atom. The van der Waals surface area contributed by atoms with Gasteiger partial charge in [0.1, 0.15) is 0 Å². The van der Waals surface area contributed by atoms with Gasteiger partial charge in [0.2, 0.25) is 16.0 Å². The third kappa shape index (κ3) is 4.51. The summed E-state index contributed by atoms with van der Waals surface area (Å²) in [5.74, 6) is 1.49. The molecule has 0 radical (unpaired) electrons. The fourth-order valence-electron chi connectivity index (χ4n) is 5.89. The van der Waals surface area contributed by atoms with Gasteiger partial charge in [-0.1, -0.05) is 32.1 Å². The second-order valence-electron chi connectivity index (χ2n) is 10.7. The Morgan fingerprint density at radius 2 is 1.65 bits per heavy atom. The predicted molar refractivity (Wildman–Crippen MR) is 130 cm³/mol. The lowest BCUT2D eigenvalue weighted by molar-refractivity contribution is -0.133. The molecule has 5 rings (SSSR count). The Morgan fingerprint density at radius 3 is 2.32 bits per heavy atom. The van der Waals surface area contributed by atoms with Gasteiger partial charge in [-0.2, -0.15) is 4.98 Å². The van der Waals surface area contributed by atoms with E-state index >= 15 is 0 Å². The molecule has 1 N–H and O–H groups in total. The summed E-state index contributed by atoms with van der Waals surface area (Å²) in [6.45, 7) is 4.62. The van der Waals surface area contributed by atoms with E-state index < -0.39 is 15.6 Å². The van der Waals surface area contributed by atoms with Crippen LogP contribution in [0.4, 0.5) is 11.8 Å². The van der Waals surface area contributed by atoms with Gasteiger partial charge in [0.15, 0.2) is 17.2 Å². The minimum Gasteiger partial charge on any atom is -0.472 e. The number of fused-ring (bicyclic) bond motifs is 1. The van der Waals surface area contributed by atoms with Crippen molar-refractivity contribution in [3.63, 3.8) is 0 Å². The van der Waals surface area contributed by atoms with Crippen LogP contribution in [0, 0.1) is 0 Å². The molecule has 4 aliphatic rings. The number of amides is 1. The lowest BCUT2D eigenvalue weighted by atomic mass is 10.0. The van der Waals surface area contributed by atoms with E-state index in [0.717, 1.165) is 57.8 Å². The quantitative estimate of drug-likeness (QED) is 0.672. The molecule has 188 valence electrons. The van der Waals surface area contributed by atoms with Crippen molar-refractivity contribution < 1.29 is 17.9 Å². The molecule has 0 spiro atoms. The molecule has 0 aromatic carbocycles. The number of rotatable bonds is 5. The van der Waals surface area contributed by atoms with Crippen molar-refractivity contribution in [1.29, 1.82) is 0 Å². The molecule has 1 aromatic heterocycles. The van der Waals surface area contributed by atoms with Crippen LogP contribution >= 0.6 is 0 Å². The summed E-state index contributed by atoms with van der Waals surface area (Å²) in [5, 5.41) is 3.18. The number of hydrogen-bond donors (Lipinski definition) is 1. The van der Waals surface area contributed by atoms with Crippen LogP contribution in [0.1, 0.15) is 84.5 Å². The van der Waals surface area contributed by atoms with Crippen LogP contribution < -0.4 is 15.0 Å². The van der Waals surface area contributed by atoms with Crippen molar-refractivity contribution in [2.24, 2.45) is 0 Å². The van der Waals surface area contributed by atoms with Crippen LogP contribution in [-0.4, -0.2) is 64.6 Å². The Bertz CT molecular complexity index is 1010. The first-order valence-electron chi connectivity index (χ1n) is 12.9. The molecular weight excluding hydrogens is 454 g/mol. The van der Waals surface area contributed by atoms with E-state index in [1.54, 1.807) is 24.3 Å². The number of nitrogens with zero attached hydrogens (tertiary/aromatic N) is 4. The Labute approximate surface area is 202 Å². The summed E-state index contributed by atoms with van der Waals surface area (Å²) in [6.07, 6.45) is 12.0. The van der Waals surface area contributed by atoms with Gasteiger partial charge in [-0.3, -0.25) is 9.69 Å². The van der Waals surface area contributed by atoms with Crippen molar-refractivity contribution in [1.82, 2.24) is 14.3 Å². The molecule has 0 atom stereocenters. The topological polar surface area (TPSA) is 105 Å². The van der Waals surface area contributed by atoms with E-state index in [9.17, 15) is 13.2 Å². The van der Waals surface area contributed by atoms with Crippen LogP contribution in [0.25, 0.3) is 0 Å². The van der Waals surface area contributed by atoms with Crippen LogP contribution in [0.15, 0.2) is 6.20 Å². The monoisotopic (exact) mass is 491 g/mol. The van der Waals surface area contributed by atoms with E-state index in [-0.39, 0.29) is 23.2 Å². The van der Waals surface area contributed by atoms with Gasteiger partial charge >= 0.3 is 0 Å². The van der Waals surface area contributed by atoms with E-state index in [2.05, 4.69) is 10.3 Å². The highest BCUT2D eigenvalue weighted by atomic mass is 32.2. The molecule has 2 aliphatic heterocycles. The maximum absolute atomic E-state index is 13.2. The Balaban J connectivity index is 1.27. The average Bonchev–Trinajstić information content (AvgIpc) is 3.35. The number of carbonyl (C=O) groups is 1. The maximum Gasteiger partial charge on any atom is 0.272 e. The van der Waals surface area contributed by atoms with Crippen LogP contribution in [-0.2, 0) is 14.8 Å². The molecule has 0 bridgehead atoms. The van der Waals surface area contributed by atoms with Gasteiger partial charge in [-0.15, -0.1) is 0 Å². The van der Waals surface area contributed by atoms with Gasteiger partial charge in [-0.25, -0.2) is 17.7 Å². The number of nitrogens with one attached hydrogen (secondary N) is 1. The first kappa shape index (κ1) is 23.8. The number of carbonyl (C=O) groups excluding carboxylic acids is 1.